The summed E-state index contributed by atoms with van der Waals surface area (Å²) >= 11 is 0. The van der Waals surface area contributed by atoms with Crippen LogP contribution in [0.2, 0.25) is 0 Å². The van der Waals surface area contributed by atoms with E-state index < -0.39 is 0 Å². The van der Waals surface area contributed by atoms with Gasteiger partial charge in [-0.1, -0.05) is 317 Å². The second-order valence-electron chi connectivity index (χ2n) is 42.6. The minimum Gasteiger partial charge on any atom is -0.310 e. The number of benzene rings is 19. The van der Waals surface area contributed by atoms with Crippen LogP contribution in [-0.4, -0.2) is 0 Å². The lowest BCUT2D eigenvalue weighted by Gasteiger charge is -2.28. The molecule has 0 atom stereocenters. The van der Waals surface area contributed by atoms with Crippen molar-refractivity contribution in [2.24, 2.45) is 0 Å². The van der Waals surface area contributed by atoms with Crippen LogP contribution in [-0.2, 0) is 103 Å². The first-order valence-electron chi connectivity index (χ1n) is 55.0. The maximum Gasteiger partial charge on any atom is 0.0467 e. The Labute approximate surface area is 894 Å². The van der Waals surface area contributed by atoms with E-state index in [1.165, 1.54) is 316 Å². The maximum atomic E-state index is 2.44. The molecule has 5 aliphatic carbocycles. The second-order valence-corrected chi connectivity index (χ2v) is 42.6. The van der Waals surface area contributed by atoms with E-state index in [0.717, 1.165) is 32.1 Å². The zero-order valence-corrected chi connectivity index (χ0v) is 89.6. The molecule has 0 spiro atoms. The number of fused-ring (bicyclic) bond motifs is 5. The normalized spacial score (nSPS) is 12.2. The molecule has 5 nitrogen and oxygen atoms in total. The first-order chi connectivity index (χ1) is 73.3. The van der Waals surface area contributed by atoms with Gasteiger partial charge >= 0.3 is 0 Å². The molecule has 0 bridgehead atoms. The van der Waals surface area contributed by atoms with Crippen molar-refractivity contribution in [2.45, 2.75) is 204 Å². The summed E-state index contributed by atoms with van der Waals surface area (Å²) in [6.45, 7) is 21.4. The summed E-state index contributed by atoms with van der Waals surface area (Å²) in [5.41, 5.74) is 57.4. The zero-order valence-electron chi connectivity index (χ0n) is 89.6. The average molecular weight is 1960 g/mol. The van der Waals surface area contributed by atoms with Crippen molar-refractivity contribution >= 4 is 85.3 Å². The standard InChI is InChI=1S/C34H37N.C31H31N.C30H29N.C28H25N.C22H21N/c1-26-12-20-32(21-13-26)35(33-22-14-27(2)15-23-33)34-11-7-10-28(25-34)8-5-3-4-6-9-29-16-17-30-18-19-31(30)24-29;1-23-9-17-29(18-10-23)32(30-19-11-24(2)12-20-30)31-8-4-7-25(22-31)5-3-6-26-13-14-27-15-16-28(27)21-26;1-22-6-16-28(17-7-22)31(29-18-8-23(2)9-19-29)30-5-3-4-24(21-30)10-11-25-12-13-26-14-15-27(26)20-25;1-20-6-14-26(15-7-20)29(27-16-8-21(2)9-17-27)28-5-3-4-23(19-28)25-13-11-22-10-12-24(22)18-25;1-16-3-10-20(11-4-16)23(21-12-5-17(2)6-13-21)22-14-9-18-7-8-19(18)15-22/h7,10-17,20-25H,3-6,8-9,18-19H2,1-2H3;4,7-14,17-22H,3,5-6,15-16H2,1-2H3;3-9,12-13,16-21H,10-11,14-15H2,1-2H3;3-9,11,13-19H,10,12H2,1-2H3;3-6,9-15H,7-8H2,1-2H3. The van der Waals surface area contributed by atoms with Crippen molar-refractivity contribution < 1.29 is 0 Å². The molecule has 0 saturated carbocycles. The molecule has 19 aromatic rings. The van der Waals surface area contributed by atoms with Gasteiger partial charge in [0, 0.05) is 85.3 Å². The molecule has 0 saturated heterocycles. The van der Waals surface area contributed by atoms with E-state index in [4.69, 9.17) is 0 Å². The fourth-order valence-corrected chi connectivity index (χ4v) is 21.3. The van der Waals surface area contributed by atoms with Crippen LogP contribution in [0.25, 0.3) is 11.1 Å². The Morgan fingerprint density at radius 3 is 0.560 bits per heavy atom. The Morgan fingerprint density at radius 2 is 0.313 bits per heavy atom. The van der Waals surface area contributed by atoms with E-state index in [2.05, 4.69) is 524 Å². The van der Waals surface area contributed by atoms with Crippen LogP contribution < -0.4 is 24.5 Å². The highest BCUT2D eigenvalue weighted by molar-refractivity contribution is 5.84. The zero-order chi connectivity index (χ0) is 103. The van der Waals surface area contributed by atoms with Crippen LogP contribution in [0.3, 0.4) is 0 Å². The monoisotopic (exact) mass is 1950 g/mol. The first-order valence-corrected chi connectivity index (χ1v) is 55.0. The lowest BCUT2D eigenvalue weighted by Crippen LogP contribution is -2.13. The van der Waals surface area contributed by atoms with Gasteiger partial charge in [0.15, 0.2) is 0 Å². The van der Waals surface area contributed by atoms with Crippen LogP contribution in [0.15, 0.2) is 431 Å². The lowest BCUT2D eigenvalue weighted by molar-refractivity contribution is 0.639. The van der Waals surface area contributed by atoms with Crippen molar-refractivity contribution in [2.75, 3.05) is 24.5 Å². The quantitative estimate of drug-likeness (QED) is 0.0416. The van der Waals surface area contributed by atoms with E-state index in [1.54, 1.807) is 27.8 Å². The van der Waals surface area contributed by atoms with Crippen molar-refractivity contribution in [3.8, 4) is 11.1 Å². The third-order valence-electron chi connectivity index (χ3n) is 31.0. The Balaban J connectivity index is 0.000000114. The fraction of sp³-hybridized carbons (Fsp3) is 0.214. The number of anilines is 15. The topological polar surface area (TPSA) is 16.2 Å². The van der Waals surface area contributed by atoms with E-state index in [1.807, 2.05) is 0 Å². The van der Waals surface area contributed by atoms with Gasteiger partial charge in [0.05, 0.1) is 0 Å². The van der Waals surface area contributed by atoms with Crippen LogP contribution in [0.5, 0.6) is 0 Å². The molecule has 150 heavy (non-hydrogen) atoms. The summed E-state index contributed by atoms with van der Waals surface area (Å²) in [5.74, 6) is 0. The van der Waals surface area contributed by atoms with Gasteiger partial charge in [-0.25, -0.2) is 0 Å². The van der Waals surface area contributed by atoms with Crippen molar-refractivity contribution in [1.82, 2.24) is 0 Å². The first kappa shape index (κ1) is 101. The Hall–Kier alpha value is -15.8. The molecule has 5 aliphatic rings. The Bertz CT molecular complexity index is 7540. The molecule has 5 heteroatoms. The number of hydrogen-bond acceptors (Lipinski definition) is 5. The van der Waals surface area contributed by atoms with Crippen molar-refractivity contribution in [3.05, 3.63) is 575 Å². The van der Waals surface area contributed by atoms with Crippen molar-refractivity contribution in [3.63, 3.8) is 0 Å². The van der Waals surface area contributed by atoms with E-state index >= 15 is 0 Å². The number of rotatable bonds is 30. The van der Waals surface area contributed by atoms with Crippen LogP contribution in [0.4, 0.5) is 85.3 Å². The summed E-state index contributed by atoms with van der Waals surface area (Å²) < 4.78 is 0. The number of nitrogens with zero attached hydrogens (tertiary/aromatic N) is 5. The highest BCUT2D eigenvalue weighted by Gasteiger charge is 2.25. The molecule has 19 aromatic carbocycles. The molecule has 0 aromatic heterocycles. The van der Waals surface area contributed by atoms with Gasteiger partial charge in [0.1, 0.15) is 0 Å². The molecule has 0 amide bonds. The van der Waals surface area contributed by atoms with Gasteiger partial charge in [0.2, 0.25) is 0 Å². The fourth-order valence-electron chi connectivity index (χ4n) is 21.3. The van der Waals surface area contributed by atoms with Crippen molar-refractivity contribution in [1.29, 1.82) is 0 Å². The van der Waals surface area contributed by atoms with Crippen LogP contribution >= 0.6 is 0 Å². The molecular weight excluding hydrogens is 1810 g/mol. The van der Waals surface area contributed by atoms with Gasteiger partial charge in [-0.15, -0.1) is 0 Å². The molecule has 0 N–H and O–H groups in total. The van der Waals surface area contributed by atoms with Gasteiger partial charge in [-0.3, -0.25) is 0 Å². The molecular formula is C145H143N5. The summed E-state index contributed by atoms with van der Waals surface area (Å²) in [4.78, 5) is 11.8. The summed E-state index contributed by atoms with van der Waals surface area (Å²) in [6.07, 6.45) is 25.6. The number of unbranched alkanes of at least 4 members (excludes halogenated alkanes) is 3. The van der Waals surface area contributed by atoms with E-state index in [0.29, 0.717) is 0 Å². The summed E-state index contributed by atoms with van der Waals surface area (Å²) in [6, 6.07) is 159. The average Bonchev–Trinajstić information content (AvgIpc) is 0.774. The Kier molecular flexibility index (Phi) is 32.5. The minimum atomic E-state index is 1.06. The predicted octanol–water partition coefficient (Wildman–Crippen LogP) is 38.3. The number of hydrogen-bond donors (Lipinski definition) is 0. The third kappa shape index (κ3) is 25.6. The molecule has 0 radical (unpaired) electrons. The van der Waals surface area contributed by atoms with Crippen LogP contribution in [0, 0.1) is 69.2 Å². The maximum absolute atomic E-state index is 2.44. The molecule has 24 rings (SSSR count). The van der Waals surface area contributed by atoms with E-state index in [-0.39, 0.29) is 0 Å². The summed E-state index contributed by atoms with van der Waals surface area (Å²) in [5, 5.41) is 0. The lowest BCUT2D eigenvalue weighted by atomic mass is 9.86. The molecule has 0 heterocycles. The van der Waals surface area contributed by atoms with Gasteiger partial charge < -0.3 is 24.5 Å². The largest absolute Gasteiger partial charge is 0.310 e. The SMILES string of the molecule is Cc1ccc(N(c2ccc(C)cc2)c2ccc3c(c2)CC3)cc1.Cc1ccc(N(c2ccc(C)cc2)c2cccc(-c3ccc4c(c3)CC4)c2)cc1.Cc1ccc(N(c2ccc(C)cc2)c2cccc(CCCCCCc3ccc4c(c3)CC4)c2)cc1.Cc1ccc(N(c2ccc(C)cc2)c2cccc(CCCc3ccc4c(c3)CC4)c2)cc1.Cc1ccc(N(c2ccc(C)cc2)c2cccc(CCc3ccc4c(c3)CC4)c2)cc1. The van der Waals surface area contributed by atoms with Gasteiger partial charge in [-0.05, 0) is 473 Å². The van der Waals surface area contributed by atoms with Gasteiger partial charge in [0.25, 0.3) is 0 Å². The molecule has 0 unspecified atom stereocenters. The number of aryl methyl sites for hydroxylation is 26. The minimum absolute atomic E-state index is 1.06. The Morgan fingerprint density at radius 1 is 0.127 bits per heavy atom. The summed E-state index contributed by atoms with van der Waals surface area (Å²) in [7, 11) is 0. The van der Waals surface area contributed by atoms with E-state index in [9.17, 15) is 0 Å². The third-order valence-corrected chi connectivity index (χ3v) is 31.0. The predicted molar refractivity (Wildman–Crippen MR) is 640 cm³/mol. The highest BCUT2D eigenvalue weighted by Crippen LogP contribution is 2.45. The molecule has 0 aliphatic heterocycles. The highest BCUT2D eigenvalue weighted by atomic mass is 15.2. The smallest absolute Gasteiger partial charge is 0.0467 e. The van der Waals surface area contributed by atoms with Crippen LogP contribution in [0.1, 0.15) is 177 Å². The molecule has 748 valence electrons. The molecule has 0 fully saturated rings. The second kappa shape index (κ2) is 48.0. The van der Waals surface area contributed by atoms with Gasteiger partial charge in [-0.2, -0.15) is 0 Å².